The molecule has 0 spiro atoms. The Labute approximate surface area is 110 Å². The van der Waals surface area contributed by atoms with Crippen LogP contribution in [0.4, 0.5) is 0 Å². The third-order valence-corrected chi connectivity index (χ3v) is 4.55. The van der Waals surface area contributed by atoms with Crippen LogP contribution in [0.3, 0.4) is 0 Å². The van der Waals surface area contributed by atoms with Crippen LogP contribution in [0.25, 0.3) is 0 Å². The van der Waals surface area contributed by atoms with E-state index in [2.05, 4.69) is 5.32 Å². The third kappa shape index (κ3) is 3.04. The molecule has 1 saturated heterocycles. The SMILES string of the molecule is CNC1CCC(N(C)C(=O)C2COC(C)C2)CC1. The van der Waals surface area contributed by atoms with Crippen molar-refractivity contribution in [2.75, 3.05) is 20.7 Å². The van der Waals surface area contributed by atoms with Gasteiger partial charge in [0.2, 0.25) is 5.91 Å². The highest BCUT2D eigenvalue weighted by atomic mass is 16.5. The molecule has 2 unspecified atom stereocenters. The van der Waals surface area contributed by atoms with E-state index in [-0.39, 0.29) is 17.9 Å². The van der Waals surface area contributed by atoms with Crippen LogP contribution >= 0.6 is 0 Å². The first-order valence-corrected chi connectivity index (χ1v) is 7.17. The van der Waals surface area contributed by atoms with Crippen molar-refractivity contribution in [3.63, 3.8) is 0 Å². The van der Waals surface area contributed by atoms with Gasteiger partial charge in [-0.25, -0.2) is 0 Å². The van der Waals surface area contributed by atoms with Gasteiger partial charge >= 0.3 is 0 Å². The van der Waals surface area contributed by atoms with E-state index < -0.39 is 0 Å². The Morgan fingerprint density at radius 1 is 1.28 bits per heavy atom. The van der Waals surface area contributed by atoms with E-state index >= 15 is 0 Å². The van der Waals surface area contributed by atoms with E-state index in [9.17, 15) is 4.79 Å². The molecule has 0 aromatic heterocycles. The van der Waals surface area contributed by atoms with E-state index in [1.165, 1.54) is 12.8 Å². The molecule has 0 bridgehead atoms. The maximum absolute atomic E-state index is 12.4. The Morgan fingerprint density at radius 3 is 2.44 bits per heavy atom. The summed E-state index contributed by atoms with van der Waals surface area (Å²) in [5.74, 6) is 0.374. The topological polar surface area (TPSA) is 41.6 Å². The molecular weight excluding hydrogens is 228 g/mol. The maximum atomic E-state index is 12.4. The number of ether oxygens (including phenoxy) is 1. The molecule has 4 nitrogen and oxygen atoms in total. The monoisotopic (exact) mass is 254 g/mol. The van der Waals surface area contributed by atoms with Crippen LogP contribution in [-0.4, -0.2) is 49.7 Å². The van der Waals surface area contributed by atoms with Crippen molar-refractivity contribution in [2.45, 2.75) is 57.2 Å². The van der Waals surface area contributed by atoms with Gasteiger partial charge in [0.05, 0.1) is 18.6 Å². The molecule has 1 N–H and O–H groups in total. The predicted octanol–water partition coefficient (Wildman–Crippen LogP) is 1.40. The number of amides is 1. The summed E-state index contributed by atoms with van der Waals surface area (Å²) in [7, 11) is 3.99. The molecule has 0 aromatic carbocycles. The van der Waals surface area contributed by atoms with Crippen molar-refractivity contribution >= 4 is 5.91 Å². The van der Waals surface area contributed by atoms with Crippen LogP contribution in [0, 0.1) is 5.92 Å². The van der Waals surface area contributed by atoms with Crippen LogP contribution in [0.1, 0.15) is 39.0 Å². The second kappa shape index (κ2) is 6.02. The summed E-state index contributed by atoms with van der Waals surface area (Å²) < 4.78 is 5.50. The van der Waals surface area contributed by atoms with Gasteiger partial charge in [-0.1, -0.05) is 0 Å². The lowest BCUT2D eigenvalue weighted by atomic mass is 9.89. The molecular formula is C14H26N2O2. The van der Waals surface area contributed by atoms with Crippen molar-refractivity contribution in [3.8, 4) is 0 Å². The summed E-state index contributed by atoms with van der Waals surface area (Å²) >= 11 is 0. The van der Waals surface area contributed by atoms with Crippen LogP contribution in [0.15, 0.2) is 0 Å². The summed E-state index contributed by atoms with van der Waals surface area (Å²) in [6.07, 6.45) is 5.72. The predicted molar refractivity (Wildman–Crippen MR) is 71.4 cm³/mol. The van der Waals surface area contributed by atoms with Gasteiger partial charge in [-0.05, 0) is 46.1 Å². The Kier molecular flexibility index (Phi) is 4.62. The fourth-order valence-corrected chi connectivity index (χ4v) is 3.21. The smallest absolute Gasteiger partial charge is 0.228 e. The van der Waals surface area contributed by atoms with Gasteiger partial charge in [-0.15, -0.1) is 0 Å². The van der Waals surface area contributed by atoms with Crippen LogP contribution in [0.2, 0.25) is 0 Å². The van der Waals surface area contributed by atoms with E-state index in [1.54, 1.807) is 0 Å². The fourth-order valence-electron chi connectivity index (χ4n) is 3.21. The van der Waals surface area contributed by atoms with Crippen molar-refractivity contribution < 1.29 is 9.53 Å². The average molecular weight is 254 g/mol. The Balaban J connectivity index is 1.84. The average Bonchev–Trinajstić information content (AvgIpc) is 2.84. The number of hydrogen-bond donors (Lipinski definition) is 1. The van der Waals surface area contributed by atoms with Crippen molar-refractivity contribution in [1.29, 1.82) is 0 Å². The number of nitrogens with zero attached hydrogens (tertiary/aromatic N) is 1. The normalized spacial score (nSPS) is 36.6. The Morgan fingerprint density at radius 2 is 1.94 bits per heavy atom. The number of rotatable bonds is 3. The molecule has 4 heteroatoms. The molecule has 1 aliphatic heterocycles. The molecule has 1 aliphatic carbocycles. The van der Waals surface area contributed by atoms with Crippen molar-refractivity contribution in [1.82, 2.24) is 10.2 Å². The van der Waals surface area contributed by atoms with Gasteiger partial charge in [0.1, 0.15) is 0 Å². The van der Waals surface area contributed by atoms with Gasteiger partial charge in [0.25, 0.3) is 0 Å². The molecule has 2 aliphatic rings. The molecule has 104 valence electrons. The lowest BCUT2D eigenvalue weighted by Crippen LogP contribution is -2.44. The molecule has 1 amide bonds. The highest BCUT2D eigenvalue weighted by Gasteiger charge is 2.33. The number of carbonyl (C=O) groups excluding carboxylic acids is 1. The lowest BCUT2D eigenvalue weighted by Gasteiger charge is -2.35. The minimum absolute atomic E-state index is 0.0898. The summed E-state index contributed by atoms with van der Waals surface area (Å²) in [6.45, 7) is 2.65. The number of nitrogens with one attached hydrogen (secondary N) is 1. The second-order valence-corrected chi connectivity index (χ2v) is 5.82. The molecule has 2 rings (SSSR count). The Hall–Kier alpha value is -0.610. The Bertz CT molecular complexity index is 288. The van der Waals surface area contributed by atoms with Gasteiger partial charge in [0.15, 0.2) is 0 Å². The highest BCUT2D eigenvalue weighted by molar-refractivity contribution is 5.79. The first kappa shape index (κ1) is 13.8. The first-order chi connectivity index (χ1) is 8.61. The molecule has 18 heavy (non-hydrogen) atoms. The van der Waals surface area contributed by atoms with E-state index in [1.807, 2.05) is 25.9 Å². The second-order valence-electron chi connectivity index (χ2n) is 5.82. The van der Waals surface area contributed by atoms with Crippen LogP contribution in [0.5, 0.6) is 0 Å². The van der Waals surface area contributed by atoms with Crippen molar-refractivity contribution in [2.24, 2.45) is 5.92 Å². The van der Waals surface area contributed by atoms with E-state index in [0.29, 0.717) is 18.7 Å². The largest absolute Gasteiger partial charge is 0.378 e. The molecule has 1 saturated carbocycles. The standard InChI is InChI=1S/C14H26N2O2/c1-10-8-11(9-18-10)14(17)16(3)13-6-4-12(15-2)5-7-13/h10-13,15H,4-9H2,1-3H3. The van der Waals surface area contributed by atoms with Crippen LogP contribution in [-0.2, 0) is 9.53 Å². The summed E-state index contributed by atoms with van der Waals surface area (Å²) in [6, 6.07) is 1.07. The molecule has 2 fully saturated rings. The fraction of sp³-hybridized carbons (Fsp3) is 0.929. The summed E-state index contributed by atoms with van der Waals surface area (Å²) in [4.78, 5) is 14.4. The van der Waals surface area contributed by atoms with E-state index in [4.69, 9.17) is 4.74 Å². The quantitative estimate of drug-likeness (QED) is 0.828. The minimum Gasteiger partial charge on any atom is -0.378 e. The van der Waals surface area contributed by atoms with Crippen LogP contribution < -0.4 is 5.32 Å². The molecule has 2 atom stereocenters. The molecule has 0 aromatic rings. The van der Waals surface area contributed by atoms with Gasteiger partial charge in [-0.2, -0.15) is 0 Å². The first-order valence-electron chi connectivity index (χ1n) is 7.17. The minimum atomic E-state index is 0.0898. The van der Waals surface area contributed by atoms with Crippen molar-refractivity contribution in [3.05, 3.63) is 0 Å². The third-order valence-electron chi connectivity index (χ3n) is 4.55. The zero-order valence-electron chi connectivity index (χ0n) is 11.8. The van der Waals surface area contributed by atoms with Gasteiger partial charge in [-0.3, -0.25) is 4.79 Å². The van der Waals surface area contributed by atoms with Gasteiger partial charge < -0.3 is 15.0 Å². The van der Waals surface area contributed by atoms with Gasteiger partial charge in [0, 0.05) is 19.1 Å². The number of carbonyl (C=O) groups is 1. The zero-order valence-corrected chi connectivity index (χ0v) is 11.8. The molecule has 1 heterocycles. The highest BCUT2D eigenvalue weighted by Crippen LogP contribution is 2.26. The number of hydrogen-bond acceptors (Lipinski definition) is 3. The summed E-state index contributed by atoms with van der Waals surface area (Å²) in [5, 5.41) is 3.33. The van der Waals surface area contributed by atoms with E-state index in [0.717, 1.165) is 19.3 Å². The summed E-state index contributed by atoms with van der Waals surface area (Å²) in [5.41, 5.74) is 0. The molecule has 0 radical (unpaired) electrons. The zero-order chi connectivity index (χ0) is 13.1. The lowest BCUT2D eigenvalue weighted by molar-refractivity contribution is -0.136. The maximum Gasteiger partial charge on any atom is 0.228 e.